The minimum absolute atomic E-state index is 0.217. The zero-order valence-corrected chi connectivity index (χ0v) is 17.7. The van der Waals surface area contributed by atoms with E-state index in [1.54, 1.807) is 6.07 Å². The van der Waals surface area contributed by atoms with Crippen molar-refractivity contribution < 1.29 is 17.9 Å². The normalized spacial score (nSPS) is 12.4. The van der Waals surface area contributed by atoms with E-state index in [0.29, 0.717) is 10.8 Å². The first kappa shape index (κ1) is 21.6. The molecule has 10 heteroatoms. The first-order chi connectivity index (χ1) is 12.5. The molecule has 0 heterocycles. The molecule has 1 atom stereocenters. The third kappa shape index (κ3) is 5.19. The summed E-state index contributed by atoms with van der Waals surface area (Å²) in [5.41, 5.74) is 0.505. The smallest absolute Gasteiger partial charge is 0.248 e. The van der Waals surface area contributed by atoms with Crippen LogP contribution in [0.4, 0.5) is 11.4 Å². The highest BCUT2D eigenvalue weighted by Gasteiger charge is 2.30. The summed E-state index contributed by atoms with van der Waals surface area (Å²) in [5.74, 6) is -0.201. The van der Waals surface area contributed by atoms with Gasteiger partial charge in [0.25, 0.3) is 0 Å². The van der Waals surface area contributed by atoms with Gasteiger partial charge in [-0.25, -0.2) is 8.42 Å². The van der Waals surface area contributed by atoms with E-state index in [9.17, 15) is 13.2 Å². The Kier molecular flexibility index (Phi) is 6.86. The summed E-state index contributed by atoms with van der Waals surface area (Å²) in [6.07, 6.45) is 1.00. The zero-order chi connectivity index (χ0) is 20.4. The summed E-state index contributed by atoms with van der Waals surface area (Å²) in [6.45, 7) is 1.45. The number of carbonyl (C=O) groups is 1. The lowest BCUT2D eigenvalue weighted by atomic mass is 10.2. The van der Waals surface area contributed by atoms with E-state index < -0.39 is 22.0 Å². The summed E-state index contributed by atoms with van der Waals surface area (Å²) in [7, 11) is -2.35. The number of halogens is 3. The SMILES string of the molecule is COc1ccc(N([C@H](C)C(=O)Nc2cc(Cl)ccc2Cl)S(C)(=O)=O)cc1Cl. The first-order valence-electron chi connectivity index (χ1n) is 7.63. The minimum atomic E-state index is -3.80. The summed E-state index contributed by atoms with van der Waals surface area (Å²) in [6, 6.07) is 7.93. The van der Waals surface area contributed by atoms with Crippen molar-refractivity contribution in [3.05, 3.63) is 51.5 Å². The summed E-state index contributed by atoms with van der Waals surface area (Å²) in [4.78, 5) is 12.7. The Balaban J connectivity index is 2.37. The maximum atomic E-state index is 12.7. The van der Waals surface area contributed by atoms with Crippen LogP contribution in [0, 0.1) is 0 Å². The molecule has 1 amide bonds. The van der Waals surface area contributed by atoms with Crippen LogP contribution in [0.15, 0.2) is 36.4 Å². The van der Waals surface area contributed by atoms with Crippen molar-refractivity contribution in [3.63, 3.8) is 0 Å². The minimum Gasteiger partial charge on any atom is -0.495 e. The Morgan fingerprint density at radius 3 is 2.33 bits per heavy atom. The van der Waals surface area contributed by atoms with Gasteiger partial charge in [-0.05, 0) is 43.3 Å². The number of anilines is 2. The van der Waals surface area contributed by atoms with Gasteiger partial charge in [-0.3, -0.25) is 9.10 Å². The van der Waals surface area contributed by atoms with Crippen molar-refractivity contribution in [1.82, 2.24) is 0 Å². The number of hydrogen-bond donors (Lipinski definition) is 1. The van der Waals surface area contributed by atoms with Gasteiger partial charge in [-0.15, -0.1) is 0 Å². The van der Waals surface area contributed by atoms with Crippen LogP contribution in [-0.4, -0.2) is 33.7 Å². The van der Waals surface area contributed by atoms with Crippen LogP contribution >= 0.6 is 34.8 Å². The van der Waals surface area contributed by atoms with E-state index in [0.717, 1.165) is 10.6 Å². The Labute approximate surface area is 173 Å². The van der Waals surface area contributed by atoms with E-state index in [1.165, 1.54) is 44.4 Å². The third-order valence-corrected chi connectivity index (χ3v) is 5.77. The predicted octanol–water partition coefficient (Wildman–Crippen LogP) is 4.45. The molecule has 2 rings (SSSR count). The van der Waals surface area contributed by atoms with Crippen LogP contribution in [0.3, 0.4) is 0 Å². The molecule has 0 unspecified atom stereocenters. The molecule has 1 N–H and O–H groups in total. The molecule has 27 heavy (non-hydrogen) atoms. The predicted molar refractivity (Wildman–Crippen MR) is 110 cm³/mol. The molecule has 0 bridgehead atoms. The monoisotopic (exact) mass is 450 g/mol. The first-order valence-corrected chi connectivity index (χ1v) is 10.6. The second-order valence-corrected chi connectivity index (χ2v) is 8.78. The Morgan fingerprint density at radius 1 is 1.11 bits per heavy atom. The number of nitrogens with one attached hydrogen (secondary N) is 1. The number of methoxy groups -OCH3 is 1. The highest BCUT2D eigenvalue weighted by atomic mass is 35.5. The van der Waals surface area contributed by atoms with Gasteiger partial charge in [0.15, 0.2) is 0 Å². The number of hydrogen-bond acceptors (Lipinski definition) is 4. The lowest BCUT2D eigenvalue weighted by molar-refractivity contribution is -0.116. The number of nitrogens with zero attached hydrogens (tertiary/aromatic N) is 1. The number of benzene rings is 2. The number of amides is 1. The van der Waals surface area contributed by atoms with Crippen molar-refractivity contribution in [1.29, 1.82) is 0 Å². The standard InChI is InChI=1S/C17H17Cl3N2O4S/c1-10(17(23)21-15-8-11(18)4-6-13(15)19)22(27(3,24)25)12-5-7-16(26-2)14(20)9-12/h4-10H,1-3H3,(H,21,23)/t10-/m1/s1. The van der Waals surface area contributed by atoms with Crippen molar-refractivity contribution in [2.75, 3.05) is 23.0 Å². The fraction of sp³-hybridized carbons (Fsp3) is 0.235. The Morgan fingerprint density at radius 2 is 1.78 bits per heavy atom. The molecule has 0 saturated heterocycles. The van der Waals surface area contributed by atoms with Crippen molar-refractivity contribution >= 4 is 62.1 Å². The third-order valence-electron chi connectivity index (χ3n) is 3.66. The van der Waals surface area contributed by atoms with Crippen LogP contribution in [0.1, 0.15) is 6.92 Å². The molecular weight excluding hydrogens is 435 g/mol. The number of sulfonamides is 1. The average molecular weight is 452 g/mol. The topological polar surface area (TPSA) is 75.7 Å². The van der Waals surface area contributed by atoms with Gasteiger partial charge >= 0.3 is 0 Å². The van der Waals surface area contributed by atoms with Gasteiger partial charge in [-0.1, -0.05) is 34.8 Å². The molecule has 2 aromatic carbocycles. The van der Waals surface area contributed by atoms with Crippen molar-refractivity contribution in [3.8, 4) is 5.75 Å². The van der Waals surface area contributed by atoms with Gasteiger partial charge < -0.3 is 10.1 Å². The Hall–Kier alpha value is -1.67. The molecule has 6 nitrogen and oxygen atoms in total. The van der Waals surface area contributed by atoms with Gasteiger partial charge in [0.1, 0.15) is 11.8 Å². The Bertz CT molecular complexity index is 967. The van der Waals surface area contributed by atoms with E-state index in [-0.39, 0.29) is 21.4 Å². The van der Waals surface area contributed by atoms with Crippen LogP contribution in [0.25, 0.3) is 0 Å². The molecule has 0 aliphatic heterocycles. The fourth-order valence-corrected chi connectivity index (χ4v) is 4.19. The molecule has 0 radical (unpaired) electrons. The van der Waals surface area contributed by atoms with E-state index >= 15 is 0 Å². The zero-order valence-electron chi connectivity index (χ0n) is 14.7. The highest BCUT2D eigenvalue weighted by molar-refractivity contribution is 7.92. The van der Waals surface area contributed by atoms with Gasteiger partial charge in [0.05, 0.1) is 34.8 Å². The van der Waals surface area contributed by atoms with Crippen molar-refractivity contribution in [2.45, 2.75) is 13.0 Å². The van der Waals surface area contributed by atoms with E-state index in [4.69, 9.17) is 39.5 Å². The lowest BCUT2D eigenvalue weighted by Gasteiger charge is -2.28. The molecule has 146 valence electrons. The maximum absolute atomic E-state index is 12.7. The van der Waals surface area contributed by atoms with Crippen LogP contribution in [-0.2, 0) is 14.8 Å². The molecule has 0 aromatic heterocycles. The van der Waals surface area contributed by atoms with Gasteiger partial charge in [0.2, 0.25) is 15.9 Å². The van der Waals surface area contributed by atoms with E-state index in [1.807, 2.05) is 0 Å². The molecular formula is C17H17Cl3N2O4S. The lowest BCUT2D eigenvalue weighted by Crippen LogP contribution is -2.45. The van der Waals surface area contributed by atoms with Crippen LogP contribution in [0.2, 0.25) is 15.1 Å². The van der Waals surface area contributed by atoms with Crippen LogP contribution < -0.4 is 14.4 Å². The van der Waals surface area contributed by atoms with Gasteiger partial charge in [0, 0.05) is 5.02 Å². The second-order valence-electron chi connectivity index (χ2n) is 5.67. The number of rotatable bonds is 6. The summed E-state index contributed by atoms with van der Waals surface area (Å²) < 4.78 is 30.7. The fourth-order valence-electron chi connectivity index (χ4n) is 2.43. The average Bonchev–Trinajstić information content (AvgIpc) is 2.57. The number of ether oxygens (including phenoxy) is 1. The van der Waals surface area contributed by atoms with Crippen molar-refractivity contribution in [2.24, 2.45) is 0 Å². The summed E-state index contributed by atoms with van der Waals surface area (Å²) >= 11 is 18.1. The van der Waals surface area contributed by atoms with E-state index in [2.05, 4.69) is 5.32 Å². The van der Waals surface area contributed by atoms with Crippen LogP contribution in [0.5, 0.6) is 5.75 Å². The largest absolute Gasteiger partial charge is 0.495 e. The molecule has 0 saturated carbocycles. The molecule has 0 fully saturated rings. The van der Waals surface area contributed by atoms with Gasteiger partial charge in [-0.2, -0.15) is 0 Å². The molecule has 0 aliphatic rings. The maximum Gasteiger partial charge on any atom is 0.248 e. The second kappa shape index (κ2) is 8.56. The summed E-state index contributed by atoms with van der Waals surface area (Å²) in [5, 5.41) is 3.46. The molecule has 2 aromatic rings. The number of carbonyl (C=O) groups excluding carboxylic acids is 1. The molecule has 0 spiro atoms. The highest BCUT2D eigenvalue weighted by Crippen LogP contribution is 2.32. The quantitative estimate of drug-likeness (QED) is 0.704. The molecule has 0 aliphatic carbocycles.